The van der Waals surface area contributed by atoms with Crippen molar-refractivity contribution in [3.63, 3.8) is 0 Å². The van der Waals surface area contributed by atoms with Crippen LogP contribution in [0.25, 0.3) is 0 Å². The molecule has 0 aliphatic heterocycles. The van der Waals surface area contributed by atoms with Gasteiger partial charge in [-0.3, -0.25) is 4.79 Å². The van der Waals surface area contributed by atoms with Crippen molar-refractivity contribution in [2.75, 3.05) is 0 Å². The molecule has 1 unspecified atom stereocenters. The van der Waals surface area contributed by atoms with Gasteiger partial charge in [-0.2, -0.15) is 0 Å². The van der Waals surface area contributed by atoms with Gasteiger partial charge in [0.05, 0.1) is 4.47 Å². The fourth-order valence-corrected chi connectivity index (χ4v) is 2.01. The molecule has 0 fully saturated rings. The van der Waals surface area contributed by atoms with Crippen LogP contribution in [0.4, 0.5) is 4.39 Å². The number of rotatable bonds is 4. The van der Waals surface area contributed by atoms with Crippen molar-refractivity contribution in [1.29, 1.82) is 0 Å². The molecular formula is C16H14BrFO2. The van der Waals surface area contributed by atoms with Crippen LogP contribution in [0.3, 0.4) is 0 Å². The van der Waals surface area contributed by atoms with E-state index in [1.165, 1.54) is 6.07 Å². The Morgan fingerprint density at radius 1 is 1.20 bits per heavy atom. The highest BCUT2D eigenvalue weighted by Gasteiger charge is 2.17. The van der Waals surface area contributed by atoms with Crippen LogP contribution in [0.2, 0.25) is 0 Å². The first-order valence-electron chi connectivity index (χ1n) is 6.20. The van der Waals surface area contributed by atoms with Crippen LogP contribution < -0.4 is 4.74 Å². The number of ether oxygens (including phenoxy) is 1. The Bertz CT molecular complexity index is 623. The molecule has 0 N–H and O–H groups in total. The van der Waals surface area contributed by atoms with E-state index in [-0.39, 0.29) is 5.78 Å². The molecule has 0 aliphatic rings. The van der Waals surface area contributed by atoms with Crippen LogP contribution in [-0.4, -0.2) is 11.9 Å². The van der Waals surface area contributed by atoms with Gasteiger partial charge in [-0.1, -0.05) is 29.8 Å². The Kier molecular flexibility index (Phi) is 4.55. The normalized spacial score (nSPS) is 12.0. The molecule has 0 aliphatic carbocycles. The van der Waals surface area contributed by atoms with Gasteiger partial charge >= 0.3 is 0 Å². The van der Waals surface area contributed by atoms with Crippen LogP contribution in [0.15, 0.2) is 46.9 Å². The van der Waals surface area contributed by atoms with Crippen molar-refractivity contribution in [3.8, 4) is 5.75 Å². The molecular weight excluding hydrogens is 323 g/mol. The molecule has 104 valence electrons. The number of hydrogen-bond donors (Lipinski definition) is 0. The van der Waals surface area contributed by atoms with Crippen LogP contribution in [0.1, 0.15) is 22.8 Å². The second kappa shape index (κ2) is 6.18. The number of hydrogen-bond acceptors (Lipinski definition) is 2. The van der Waals surface area contributed by atoms with Gasteiger partial charge in [-0.05, 0) is 41.9 Å². The molecule has 0 saturated carbocycles. The van der Waals surface area contributed by atoms with Gasteiger partial charge in [0.1, 0.15) is 11.6 Å². The predicted molar refractivity (Wildman–Crippen MR) is 79.7 cm³/mol. The fourth-order valence-electron chi connectivity index (χ4n) is 1.76. The lowest BCUT2D eigenvalue weighted by molar-refractivity contribution is 0.0817. The van der Waals surface area contributed by atoms with Gasteiger partial charge in [0, 0.05) is 11.6 Å². The monoisotopic (exact) mass is 336 g/mol. The van der Waals surface area contributed by atoms with Crippen LogP contribution >= 0.6 is 15.9 Å². The molecule has 0 radical (unpaired) electrons. The zero-order chi connectivity index (χ0) is 14.7. The largest absolute Gasteiger partial charge is 0.482 e. The highest BCUT2D eigenvalue weighted by molar-refractivity contribution is 9.10. The standard InChI is InChI=1S/C16H14BrFO2/c1-10-3-5-12(6-4-10)16(19)11(2)20-13-7-8-14(17)15(18)9-13/h3-9,11H,1-2H3. The van der Waals surface area contributed by atoms with Gasteiger partial charge in [0.25, 0.3) is 0 Å². The van der Waals surface area contributed by atoms with Crippen molar-refractivity contribution in [3.05, 3.63) is 63.9 Å². The second-order valence-electron chi connectivity index (χ2n) is 4.57. The van der Waals surface area contributed by atoms with Gasteiger partial charge in [0.2, 0.25) is 5.78 Å². The summed E-state index contributed by atoms with van der Waals surface area (Å²) in [5.41, 5.74) is 1.67. The minimum absolute atomic E-state index is 0.131. The van der Waals surface area contributed by atoms with Crippen molar-refractivity contribution in [2.24, 2.45) is 0 Å². The Morgan fingerprint density at radius 3 is 2.45 bits per heavy atom. The molecule has 20 heavy (non-hydrogen) atoms. The molecule has 0 bridgehead atoms. The summed E-state index contributed by atoms with van der Waals surface area (Å²) >= 11 is 3.07. The van der Waals surface area contributed by atoms with E-state index in [4.69, 9.17) is 4.74 Å². The maximum atomic E-state index is 13.4. The first-order valence-corrected chi connectivity index (χ1v) is 6.99. The molecule has 2 aromatic carbocycles. The lowest BCUT2D eigenvalue weighted by Gasteiger charge is -2.14. The van der Waals surface area contributed by atoms with Gasteiger partial charge in [0.15, 0.2) is 6.10 Å². The summed E-state index contributed by atoms with van der Waals surface area (Å²) in [5.74, 6) is -0.218. The average molecular weight is 337 g/mol. The lowest BCUT2D eigenvalue weighted by atomic mass is 10.1. The molecule has 0 heterocycles. The number of Topliss-reactive ketones (excluding diaryl/α,β-unsaturated/α-hetero) is 1. The van der Waals surface area contributed by atoms with E-state index in [0.29, 0.717) is 15.8 Å². The Labute approximate surface area is 125 Å². The first kappa shape index (κ1) is 14.7. The minimum atomic E-state index is -0.668. The third-order valence-corrected chi connectivity index (χ3v) is 3.55. The summed E-state index contributed by atoms with van der Waals surface area (Å²) < 4.78 is 19.2. The highest BCUT2D eigenvalue weighted by atomic mass is 79.9. The molecule has 4 heteroatoms. The van der Waals surface area contributed by atoms with E-state index >= 15 is 0 Å². The number of aryl methyl sites for hydroxylation is 1. The van der Waals surface area contributed by atoms with Crippen LogP contribution in [0.5, 0.6) is 5.75 Å². The van der Waals surface area contributed by atoms with Gasteiger partial charge in [-0.15, -0.1) is 0 Å². The maximum absolute atomic E-state index is 13.4. The average Bonchev–Trinajstić information content (AvgIpc) is 2.43. The van der Waals surface area contributed by atoms with Gasteiger partial charge in [-0.25, -0.2) is 4.39 Å². The van der Waals surface area contributed by atoms with E-state index < -0.39 is 11.9 Å². The molecule has 1 atom stereocenters. The Balaban J connectivity index is 2.11. The van der Waals surface area contributed by atoms with Crippen molar-refractivity contribution in [2.45, 2.75) is 20.0 Å². The molecule has 2 rings (SSSR count). The number of carbonyl (C=O) groups is 1. The van der Waals surface area contributed by atoms with Crippen molar-refractivity contribution in [1.82, 2.24) is 0 Å². The topological polar surface area (TPSA) is 26.3 Å². The SMILES string of the molecule is Cc1ccc(C(=O)C(C)Oc2ccc(Br)c(F)c2)cc1. The second-order valence-corrected chi connectivity index (χ2v) is 5.42. The first-order chi connectivity index (χ1) is 9.47. The van der Waals surface area contributed by atoms with Crippen molar-refractivity contribution >= 4 is 21.7 Å². The molecule has 0 amide bonds. The summed E-state index contributed by atoms with van der Waals surface area (Å²) in [6.45, 7) is 3.61. The third-order valence-electron chi connectivity index (χ3n) is 2.91. The number of halogens is 2. The Hall–Kier alpha value is -1.68. The zero-order valence-corrected chi connectivity index (χ0v) is 12.8. The number of benzene rings is 2. The molecule has 2 nitrogen and oxygen atoms in total. The maximum Gasteiger partial charge on any atom is 0.202 e. The summed E-state index contributed by atoms with van der Waals surface area (Å²) in [5, 5.41) is 0. The zero-order valence-electron chi connectivity index (χ0n) is 11.2. The fraction of sp³-hybridized carbons (Fsp3) is 0.188. The Morgan fingerprint density at radius 2 is 1.85 bits per heavy atom. The molecule has 0 spiro atoms. The van der Waals surface area contributed by atoms with E-state index in [1.54, 1.807) is 31.2 Å². The number of carbonyl (C=O) groups excluding carboxylic acids is 1. The van der Waals surface area contributed by atoms with E-state index in [2.05, 4.69) is 15.9 Å². The molecule has 2 aromatic rings. The summed E-state index contributed by atoms with van der Waals surface area (Å²) in [6.07, 6.45) is -0.668. The van der Waals surface area contributed by atoms with E-state index in [9.17, 15) is 9.18 Å². The lowest BCUT2D eigenvalue weighted by Crippen LogP contribution is -2.23. The van der Waals surface area contributed by atoms with Crippen molar-refractivity contribution < 1.29 is 13.9 Å². The quantitative estimate of drug-likeness (QED) is 0.766. The predicted octanol–water partition coefficient (Wildman–Crippen LogP) is 4.55. The van der Waals surface area contributed by atoms with Crippen LogP contribution in [0, 0.1) is 12.7 Å². The van der Waals surface area contributed by atoms with E-state index in [1.807, 2.05) is 19.1 Å². The van der Waals surface area contributed by atoms with Crippen LogP contribution in [-0.2, 0) is 0 Å². The van der Waals surface area contributed by atoms with Gasteiger partial charge < -0.3 is 4.74 Å². The summed E-state index contributed by atoms with van der Waals surface area (Å²) in [6, 6.07) is 11.7. The third kappa shape index (κ3) is 3.45. The number of ketones is 1. The summed E-state index contributed by atoms with van der Waals surface area (Å²) in [4.78, 5) is 12.2. The van der Waals surface area contributed by atoms with E-state index in [0.717, 1.165) is 5.56 Å². The highest BCUT2D eigenvalue weighted by Crippen LogP contribution is 2.22. The smallest absolute Gasteiger partial charge is 0.202 e. The molecule has 0 saturated heterocycles. The summed E-state index contributed by atoms with van der Waals surface area (Å²) in [7, 11) is 0. The molecule has 0 aromatic heterocycles. The minimum Gasteiger partial charge on any atom is -0.482 e.